The van der Waals surface area contributed by atoms with Gasteiger partial charge in [0, 0.05) is 19.7 Å². The monoisotopic (exact) mass is 288 g/mol. The second kappa shape index (κ2) is 6.03. The highest BCUT2D eigenvalue weighted by Crippen LogP contribution is 2.30. The molecule has 0 radical (unpaired) electrons. The molecular formula is C15H20N4O2. The SMILES string of the molecule is Cn1nccc1NC(=O)N1CCCCCC1c1ccco1. The van der Waals surface area contributed by atoms with Crippen LogP contribution in [0, 0.1) is 0 Å². The lowest BCUT2D eigenvalue weighted by molar-refractivity contribution is 0.179. The van der Waals surface area contributed by atoms with Crippen molar-refractivity contribution in [3.8, 4) is 0 Å². The van der Waals surface area contributed by atoms with Gasteiger partial charge in [0.25, 0.3) is 0 Å². The first kappa shape index (κ1) is 13.7. The van der Waals surface area contributed by atoms with Crippen molar-refractivity contribution in [3.63, 3.8) is 0 Å². The number of nitrogens with zero attached hydrogens (tertiary/aromatic N) is 3. The predicted octanol–water partition coefficient (Wildman–Crippen LogP) is 3.16. The first-order valence-electron chi connectivity index (χ1n) is 7.35. The molecule has 1 N–H and O–H groups in total. The summed E-state index contributed by atoms with van der Waals surface area (Å²) in [5.74, 6) is 1.56. The molecule has 2 amide bonds. The van der Waals surface area contributed by atoms with Gasteiger partial charge in [0.15, 0.2) is 0 Å². The molecule has 1 saturated heterocycles. The number of anilines is 1. The summed E-state index contributed by atoms with van der Waals surface area (Å²) < 4.78 is 7.18. The molecule has 1 fully saturated rings. The van der Waals surface area contributed by atoms with Crippen LogP contribution in [0.5, 0.6) is 0 Å². The summed E-state index contributed by atoms with van der Waals surface area (Å²) >= 11 is 0. The maximum Gasteiger partial charge on any atom is 0.323 e. The lowest BCUT2D eigenvalue weighted by Crippen LogP contribution is -2.38. The number of carbonyl (C=O) groups excluding carboxylic acids is 1. The molecule has 3 rings (SSSR count). The van der Waals surface area contributed by atoms with Crippen LogP contribution < -0.4 is 5.32 Å². The van der Waals surface area contributed by atoms with Gasteiger partial charge in [-0.3, -0.25) is 10.00 Å². The van der Waals surface area contributed by atoms with Gasteiger partial charge in [-0.2, -0.15) is 5.10 Å². The van der Waals surface area contributed by atoms with E-state index in [9.17, 15) is 4.79 Å². The van der Waals surface area contributed by atoms with Gasteiger partial charge in [0.1, 0.15) is 11.6 Å². The Balaban J connectivity index is 1.79. The molecule has 2 aromatic rings. The smallest absolute Gasteiger partial charge is 0.323 e. The van der Waals surface area contributed by atoms with Crippen LogP contribution in [0.2, 0.25) is 0 Å². The van der Waals surface area contributed by atoms with E-state index in [2.05, 4.69) is 10.4 Å². The zero-order valence-corrected chi connectivity index (χ0v) is 12.2. The number of likely N-dealkylation sites (tertiary alicyclic amines) is 1. The van der Waals surface area contributed by atoms with Crippen LogP contribution in [-0.4, -0.2) is 27.3 Å². The van der Waals surface area contributed by atoms with Crippen molar-refractivity contribution >= 4 is 11.8 Å². The van der Waals surface area contributed by atoms with Gasteiger partial charge in [-0.05, 0) is 25.0 Å². The van der Waals surface area contributed by atoms with E-state index in [1.54, 1.807) is 23.2 Å². The third kappa shape index (κ3) is 2.94. The number of amides is 2. The molecule has 0 aromatic carbocycles. The molecule has 21 heavy (non-hydrogen) atoms. The van der Waals surface area contributed by atoms with Gasteiger partial charge in [0.2, 0.25) is 0 Å². The van der Waals surface area contributed by atoms with Gasteiger partial charge in [-0.15, -0.1) is 0 Å². The zero-order valence-electron chi connectivity index (χ0n) is 12.2. The highest BCUT2D eigenvalue weighted by atomic mass is 16.3. The molecule has 6 nitrogen and oxygen atoms in total. The number of hydrogen-bond acceptors (Lipinski definition) is 3. The number of furan rings is 1. The Morgan fingerprint density at radius 3 is 3.00 bits per heavy atom. The van der Waals surface area contributed by atoms with Crippen molar-refractivity contribution in [2.45, 2.75) is 31.7 Å². The average molecular weight is 288 g/mol. The summed E-state index contributed by atoms with van der Waals surface area (Å²) in [7, 11) is 1.81. The van der Waals surface area contributed by atoms with Crippen LogP contribution in [-0.2, 0) is 7.05 Å². The minimum absolute atomic E-state index is 0.00993. The minimum atomic E-state index is -0.0955. The Kier molecular flexibility index (Phi) is 3.94. The Bertz CT molecular complexity index is 591. The summed E-state index contributed by atoms with van der Waals surface area (Å²) in [6.45, 7) is 0.745. The fourth-order valence-corrected chi connectivity index (χ4v) is 2.81. The summed E-state index contributed by atoms with van der Waals surface area (Å²) in [4.78, 5) is 14.5. The first-order chi connectivity index (χ1) is 10.3. The standard InChI is InChI=1S/C15H20N4O2/c1-18-14(8-9-16-18)17-15(20)19-10-4-2-3-6-12(19)13-7-5-11-21-13/h5,7-9,11-12H,2-4,6,10H2,1H3,(H,17,20). The van der Waals surface area contributed by atoms with Crippen LogP contribution in [0.3, 0.4) is 0 Å². The normalized spacial score (nSPS) is 19.3. The Hall–Kier alpha value is -2.24. The summed E-state index contributed by atoms with van der Waals surface area (Å²) in [6.07, 6.45) is 7.55. The number of aromatic nitrogens is 2. The highest BCUT2D eigenvalue weighted by Gasteiger charge is 2.28. The second-order valence-electron chi connectivity index (χ2n) is 5.34. The van der Waals surface area contributed by atoms with E-state index < -0.39 is 0 Å². The maximum atomic E-state index is 12.6. The van der Waals surface area contributed by atoms with Crippen molar-refractivity contribution in [3.05, 3.63) is 36.4 Å². The van der Waals surface area contributed by atoms with Crippen LogP contribution in [0.15, 0.2) is 35.1 Å². The quantitative estimate of drug-likeness (QED) is 0.923. The lowest BCUT2D eigenvalue weighted by Gasteiger charge is -2.28. The number of carbonyl (C=O) groups is 1. The lowest BCUT2D eigenvalue weighted by atomic mass is 10.1. The van der Waals surface area contributed by atoms with Gasteiger partial charge in [0.05, 0.1) is 18.5 Å². The molecule has 0 aliphatic carbocycles. The first-order valence-corrected chi connectivity index (χ1v) is 7.35. The zero-order chi connectivity index (χ0) is 14.7. The van der Waals surface area contributed by atoms with E-state index in [-0.39, 0.29) is 12.1 Å². The topological polar surface area (TPSA) is 63.3 Å². The van der Waals surface area contributed by atoms with Crippen LogP contribution in [0.4, 0.5) is 10.6 Å². The molecule has 2 aromatic heterocycles. The minimum Gasteiger partial charge on any atom is -0.467 e. The van der Waals surface area contributed by atoms with E-state index in [4.69, 9.17) is 4.42 Å². The molecule has 0 spiro atoms. The van der Waals surface area contributed by atoms with Gasteiger partial charge >= 0.3 is 6.03 Å². The second-order valence-corrected chi connectivity index (χ2v) is 5.34. The van der Waals surface area contributed by atoms with Crippen molar-refractivity contribution in [1.29, 1.82) is 0 Å². The van der Waals surface area contributed by atoms with Crippen molar-refractivity contribution in [2.75, 3.05) is 11.9 Å². The van der Waals surface area contributed by atoms with E-state index in [1.165, 1.54) is 0 Å². The van der Waals surface area contributed by atoms with Crippen LogP contribution in [0.1, 0.15) is 37.5 Å². The van der Waals surface area contributed by atoms with Gasteiger partial charge in [-0.1, -0.05) is 12.8 Å². The molecular weight excluding hydrogens is 268 g/mol. The molecule has 0 saturated carbocycles. The van der Waals surface area contributed by atoms with E-state index in [0.29, 0.717) is 5.82 Å². The summed E-state index contributed by atoms with van der Waals surface area (Å²) in [5.41, 5.74) is 0. The van der Waals surface area contributed by atoms with Gasteiger partial charge in [-0.25, -0.2) is 4.79 Å². The summed E-state index contributed by atoms with van der Waals surface area (Å²) in [6, 6.07) is 5.52. The number of nitrogens with one attached hydrogen (secondary N) is 1. The number of rotatable bonds is 2. The molecule has 1 unspecified atom stereocenters. The molecule has 6 heteroatoms. The Labute approximate surface area is 123 Å². The third-order valence-corrected chi connectivity index (χ3v) is 3.94. The average Bonchev–Trinajstić information content (AvgIpc) is 3.07. The maximum absolute atomic E-state index is 12.6. The summed E-state index contributed by atoms with van der Waals surface area (Å²) in [5, 5.41) is 6.99. The molecule has 0 bridgehead atoms. The number of aryl methyl sites for hydroxylation is 1. The van der Waals surface area contributed by atoms with Crippen molar-refractivity contribution < 1.29 is 9.21 Å². The van der Waals surface area contributed by atoms with Crippen molar-refractivity contribution in [2.24, 2.45) is 7.05 Å². The van der Waals surface area contributed by atoms with Crippen molar-refractivity contribution in [1.82, 2.24) is 14.7 Å². The number of hydrogen-bond donors (Lipinski definition) is 1. The van der Waals surface area contributed by atoms with Crippen LogP contribution >= 0.6 is 0 Å². The molecule has 112 valence electrons. The van der Waals surface area contributed by atoms with Gasteiger partial charge < -0.3 is 9.32 Å². The fraction of sp³-hybridized carbons (Fsp3) is 0.467. The number of urea groups is 1. The van der Waals surface area contributed by atoms with E-state index in [0.717, 1.165) is 38.0 Å². The Morgan fingerprint density at radius 2 is 2.29 bits per heavy atom. The Morgan fingerprint density at radius 1 is 1.38 bits per heavy atom. The highest BCUT2D eigenvalue weighted by molar-refractivity contribution is 5.88. The third-order valence-electron chi connectivity index (χ3n) is 3.94. The molecule has 1 aliphatic heterocycles. The predicted molar refractivity (Wildman–Crippen MR) is 78.8 cm³/mol. The largest absolute Gasteiger partial charge is 0.467 e. The van der Waals surface area contributed by atoms with E-state index >= 15 is 0 Å². The van der Waals surface area contributed by atoms with E-state index in [1.807, 2.05) is 24.1 Å². The molecule has 3 heterocycles. The molecule has 1 aliphatic rings. The molecule has 1 atom stereocenters. The fourth-order valence-electron chi connectivity index (χ4n) is 2.81. The van der Waals surface area contributed by atoms with Crippen LogP contribution in [0.25, 0.3) is 0 Å².